The summed E-state index contributed by atoms with van der Waals surface area (Å²) in [6, 6.07) is 0. The van der Waals surface area contributed by atoms with Crippen LogP contribution in [0.15, 0.2) is 6.20 Å². The van der Waals surface area contributed by atoms with Crippen molar-refractivity contribution in [3.63, 3.8) is 0 Å². The second-order valence-electron chi connectivity index (χ2n) is 2.13. The molecule has 1 aromatic heterocycles. The molecule has 0 aliphatic rings. The molecule has 1 rings (SSSR count). The van der Waals surface area contributed by atoms with Crippen LogP contribution in [0.25, 0.3) is 0 Å². The van der Waals surface area contributed by atoms with Crippen molar-refractivity contribution < 1.29 is 8.42 Å². The Bertz CT molecular complexity index is 341. The molecule has 0 unspecified atom stereocenters. The van der Waals surface area contributed by atoms with Crippen molar-refractivity contribution in [2.75, 3.05) is 0 Å². The second kappa shape index (κ2) is 2.59. The summed E-state index contributed by atoms with van der Waals surface area (Å²) in [6.07, 6.45) is 1.37. The van der Waals surface area contributed by atoms with Gasteiger partial charge in [0.05, 0.1) is 11.9 Å². The Labute approximate surface area is 64.1 Å². The Balaban J connectivity index is 2.81. The number of aromatic nitrogens is 3. The summed E-state index contributed by atoms with van der Waals surface area (Å²) in [7, 11) is -1.88. The van der Waals surface area contributed by atoms with Gasteiger partial charge in [-0.2, -0.15) is 15.0 Å². The van der Waals surface area contributed by atoms with Gasteiger partial charge in [-0.25, -0.2) is 13.6 Å². The van der Waals surface area contributed by atoms with E-state index < -0.39 is 10.0 Å². The smallest absolute Gasteiger partial charge is 0.214 e. The van der Waals surface area contributed by atoms with Crippen LogP contribution in [0.2, 0.25) is 0 Å². The van der Waals surface area contributed by atoms with Gasteiger partial charge in [-0.3, -0.25) is 0 Å². The molecule has 6 nitrogen and oxygen atoms in total. The highest BCUT2D eigenvalue weighted by Gasteiger charge is 2.07. The first-order chi connectivity index (χ1) is 4.97. The summed E-state index contributed by atoms with van der Waals surface area (Å²) in [6.45, 7) is 0. The molecule has 7 heteroatoms. The van der Waals surface area contributed by atoms with Gasteiger partial charge >= 0.3 is 0 Å². The van der Waals surface area contributed by atoms with E-state index in [1.54, 1.807) is 7.05 Å². The largest absolute Gasteiger partial charge is 0.228 e. The van der Waals surface area contributed by atoms with Gasteiger partial charge in [0.25, 0.3) is 0 Å². The lowest BCUT2D eigenvalue weighted by molar-refractivity contribution is 0.595. The molecule has 0 atom stereocenters. The quantitative estimate of drug-likeness (QED) is 0.600. The highest BCUT2D eigenvalue weighted by molar-refractivity contribution is 7.88. The predicted molar refractivity (Wildman–Crippen MR) is 37.8 cm³/mol. The molecule has 0 fully saturated rings. The second-order valence-corrected chi connectivity index (χ2v) is 3.75. The Kier molecular flexibility index (Phi) is 1.92. The van der Waals surface area contributed by atoms with Gasteiger partial charge in [0.1, 0.15) is 5.75 Å². The van der Waals surface area contributed by atoms with E-state index in [-0.39, 0.29) is 5.75 Å². The first-order valence-electron chi connectivity index (χ1n) is 2.83. The van der Waals surface area contributed by atoms with Crippen LogP contribution in [0.1, 0.15) is 5.69 Å². The molecular formula is C4H8N4O2S. The lowest BCUT2D eigenvalue weighted by atomic mass is 10.6. The third kappa shape index (κ3) is 2.64. The zero-order valence-electron chi connectivity index (χ0n) is 5.93. The maximum Gasteiger partial charge on any atom is 0.214 e. The van der Waals surface area contributed by atoms with Crippen molar-refractivity contribution in [2.45, 2.75) is 5.75 Å². The molecule has 2 N–H and O–H groups in total. The predicted octanol–water partition coefficient (Wildman–Crippen LogP) is -1.40. The Morgan fingerprint density at radius 1 is 1.73 bits per heavy atom. The summed E-state index contributed by atoms with van der Waals surface area (Å²) in [5.41, 5.74) is 0.356. The normalized spacial score (nSPS) is 11.8. The molecule has 0 aliphatic carbocycles. The van der Waals surface area contributed by atoms with Crippen molar-refractivity contribution in [1.29, 1.82) is 0 Å². The summed E-state index contributed by atoms with van der Waals surface area (Å²) < 4.78 is 21.0. The molecule has 1 aromatic rings. The van der Waals surface area contributed by atoms with E-state index in [9.17, 15) is 8.42 Å². The molecule has 1 heterocycles. The monoisotopic (exact) mass is 176 g/mol. The Hall–Kier alpha value is -0.950. The fraction of sp³-hybridized carbons (Fsp3) is 0.500. The third-order valence-electron chi connectivity index (χ3n) is 0.996. The van der Waals surface area contributed by atoms with Crippen LogP contribution in [-0.4, -0.2) is 23.4 Å². The molecule has 0 radical (unpaired) electrons. The van der Waals surface area contributed by atoms with Gasteiger partial charge in [0.15, 0.2) is 0 Å². The van der Waals surface area contributed by atoms with Crippen molar-refractivity contribution in [2.24, 2.45) is 12.2 Å². The summed E-state index contributed by atoms with van der Waals surface area (Å²) in [5.74, 6) is -0.263. The molecule has 0 saturated carbocycles. The van der Waals surface area contributed by atoms with Crippen LogP contribution in [0.3, 0.4) is 0 Å². The van der Waals surface area contributed by atoms with E-state index in [2.05, 4.69) is 10.2 Å². The molecule has 11 heavy (non-hydrogen) atoms. The van der Waals surface area contributed by atoms with Gasteiger partial charge < -0.3 is 0 Å². The molecule has 0 saturated heterocycles. The first kappa shape index (κ1) is 8.15. The van der Waals surface area contributed by atoms with E-state index in [0.29, 0.717) is 5.69 Å². The minimum atomic E-state index is -3.48. The SMILES string of the molecule is Cn1ncc(CS(N)(=O)=O)n1. The third-order valence-corrected chi connectivity index (χ3v) is 1.69. The zero-order chi connectivity index (χ0) is 8.48. The summed E-state index contributed by atoms with van der Waals surface area (Å²) in [4.78, 5) is 1.28. The number of nitrogens with two attached hydrogens (primary N) is 1. The van der Waals surface area contributed by atoms with Crippen LogP contribution < -0.4 is 5.14 Å². The van der Waals surface area contributed by atoms with Crippen LogP contribution in [0, 0.1) is 0 Å². The standard InChI is InChI=1S/C4H8N4O2S/c1-8-6-2-4(7-8)3-11(5,9)10/h2H,3H2,1H3,(H2,5,9,10). The number of sulfonamides is 1. The van der Waals surface area contributed by atoms with E-state index in [1.807, 2.05) is 0 Å². The number of primary sulfonamides is 1. The van der Waals surface area contributed by atoms with E-state index in [4.69, 9.17) is 5.14 Å². The Morgan fingerprint density at radius 2 is 2.36 bits per heavy atom. The highest BCUT2D eigenvalue weighted by Crippen LogP contribution is 1.95. The van der Waals surface area contributed by atoms with Gasteiger partial charge in [-0.05, 0) is 0 Å². The van der Waals surface area contributed by atoms with Crippen LogP contribution in [0.5, 0.6) is 0 Å². The fourth-order valence-electron chi connectivity index (χ4n) is 0.660. The lowest BCUT2D eigenvalue weighted by Gasteiger charge is -1.90. The molecular weight excluding hydrogens is 168 g/mol. The number of hydrogen-bond acceptors (Lipinski definition) is 4. The summed E-state index contributed by atoms with van der Waals surface area (Å²) in [5, 5.41) is 12.2. The van der Waals surface area contributed by atoms with Gasteiger partial charge in [-0.1, -0.05) is 0 Å². The lowest BCUT2D eigenvalue weighted by Crippen LogP contribution is -2.14. The van der Waals surface area contributed by atoms with Crippen molar-refractivity contribution in [3.05, 3.63) is 11.9 Å². The van der Waals surface area contributed by atoms with Crippen molar-refractivity contribution in [3.8, 4) is 0 Å². The van der Waals surface area contributed by atoms with Gasteiger partial charge in [-0.15, -0.1) is 0 Å². The first-order valence-corrected chi connectivity index (χ1v) is 4.54. The molecule has 0 aliphatic heterocycles. The number of nitrogens with zero attached hydrogens (tertiary/aromatic N) is 3. The average Bonchev–Trinajstić information content (AvgIpc) is 2.10. The molecule has 0 bridgehead atoms. The number of aryl methyl sites for hydroxylation is 1. The van der Waals surface area contributed by atoms with E-state index in [1.165, 1.54) is 11.0 Å². The molecule has 0 spiro atoms. The maximum atomic E-state index is 10.5. The van der Waals surface area contributed by atoms with E-state index >= 15 is 0 Å². The van der Waals surface area contributed by atoms with Crippen molar-refractivity contribution >= 4 is 10.0 Å². The van der Waals surface area contributed by atoms with Crippen LogP contribution in [-0.2, 0) is 22.8 Å². The molecule has 62 valence electrons. The van der Waals surface area contributed by atoms with Crippen LogP contribution >= 0.6 is 0 Å². The maximum absolute atomic E-state index is 10.5. The zero-order valence-corrected chi connectivity index (χ0v) is 6.74. The highest BCUT2D eigenvalue weighted by atomic mass is 32.2. The minimum Gasteiger partial charge on any atom is -0.228 e. The van der Waals surface area contributed by atoms with E-state index in [0.717, 1.165) is 0 Å². The minimum absolute atomic E-state index is 0.263. The molecule has 0 aromatic carbocycles. The average molecular weight is 176 g/mol. The van der Waals surface area contributed by atoms with Crippen LogP contribution in [0.4, 0.5) is 0 Å². The van der Waals surface area contributed by atoms with Crippen molar-refractivity contribution in [1.82, 2.24) is 15.0 Å². The number of rotatable bonds is 2. The van der Waals surface area contributed by atoms with Gasteiger partial charge in [0, 0.05) is 7.05 Å². The summed E-state index contributed by atoms with van der Waals surface area (Å²) >= 11 is 0. The Morgan fingerprint density at radius 3 is 2.73 bits per heavy atom. The molecule has 0 amide bonds. The number of hydrogen-bond donors (Lipinski definition) is 1. The topological polar surface area (TPSA) is 90.9 Å². The van der Waals surface area contributed by atoms with Gasteiger partial charge in [0.2, 0.25) is 10.0 Å². The fourth-order valence-corrected chi connectivity index (χ4v) is 1.20.